The molecule has 0 aliphatic carbocycles. The first kappa shape index (κ1) is 12.3. The Labute approximate surface area is 94.5 Å². The van der Waals surface area contributed by atoms with Gasteiger partial charge in [-0.3, -0.25) is 4.98 Å². The van der Waals surface area contributed by atoms with E-state index in [1.54, 1.807) is 33.0 Å². The molecule has 0 unspecified atom stereocenters. The van der Waals surface area contributed by atoms with Crippen molar-refractivity contribution in [1.29, 1.82) is 0 Å². The third-order valence-corrected chi connectivity index (χ3v) is 1.71. The highest BCUT2D eigenvalue weighted by Gasteiger charge is 2.15. The van der Waals surface area contributed by atoms with E-state index in [-0.39, 0.29) is 12.3 Å². The van der Waals surface area contributed by atoms with Gasteiger partial charge in [-0.05, 0) is 26.8 Å². The Hall–Kier alpha value is -1.78. The molecule has 0 aliphatic rings. The predicted octanol–water partition coefficient (Wildman–Crippen LogP) is 1.81. The molecule has 5 nitrogen and oxygen atoms in total. The van der Waals surface area contributed by atoms with E-state index in [1.807, 2.05) is 0 Å². The number of carbonyl (C=O) groups excluding carboxylic acids is 1. The zero-order chi connectivity index (χ0) is 12.2. The number of pyridine rings is 1. The van der Waals surface area contributed by atoms with Gasteiger partial charge in [-0.15, -0.1) is 0 Å². The summed E-state index contributed by atoms with van der Waals surface area (Å²) in [5.41, 5.74) is 0.0746. The van der Waals surface area contributed by atoms with Crippen LogP contribution in [0.2, 0.25) is 0 Å². The second-order valence-electron chi connectivity index (χ2n) is 4.36. The van der Waals surface area contributed by atoms with E-state index in [4.69, 9.17) is 4.74 Å². The van der Waals surface area contributed by atoms with Crippen molar-refractivity contribution in [3.05, 3.63) is 24.0 Å². The first-order valence-corrected chi connectivity index (χ1v) is 4.97. The molecule has 1 aromatic heterocycles. The number of aromatic nitrogens is 1. The summed E-state index contributed by atoms with van der Waals surface area (Å²) in [6.07, 6.45) is 2.36. The number of carbonyl (C=O) groups is 1. The summed E-state index contributed by atoms with van der Waals surface area (Å²) < 4.78 is 5.05. The minimum atomic E-state index is -0.523. The zero-order valence-electron chi connectivity index (χ0n) is 9.65. The van der Waals surface area contributed by atoms with Gasteiger partial charge in [0.15, 0.2) is 0 Å². The fourth-order valence-electron chi connectivity index (χ4n) is 1.05. The maximum Gasteiger partial charge on any atom is 0.407 e. The molecule has 0 bridgehead atoms. The van der Waals surface area contributed by atoms with Crippen LogP contribution in [0.15, 0.2) is 18.5 Å². The van der Waals surface area contributed by atoms with Gasteiger partial charge >= 0.3 is 6.09 Å². The highest BCUT2D eigenvalue weighted by atomic mass is 16.6. The smallest absolute Gasteiger partial charge is 0.407 e. The van der Waals surface area contributed by atoms with Gasteiger partial charge in [0.1, 0.15) is 11.4 Å². The van der Waals surface area contributed by atoms with Gasteiger partial charge < -0.3 is 15.2 Å². The first-order chi connectivity index (χ1) is 7.38. The van der Waals surface area contributed by atoms with Crippen LogP contribution in [0.5, 0.6) is 5.75 Å². The number of amides is 1. The minimum Gasteiger partial charge on any atom is -0.506 e. The third-order valence-electron chi connectivity index (χ3n) is 1.71. The number of ether oxygens (including phenoxy) is 1. The van der Waals surface area contributed by atoms with Gasteiger partial charge in [-0.2, -0.15) is 0 Å². The molecule has 1 heterocycles. The molecule has 1 rings (SSSR count). The molecular weight excluding hydrogens is 208 g/mol. The highest BCUT2D eigenvalue weighted by Crippen LogP contribution is 2.13. The number of hydrogen-bond donors (Lipinski definition) is 2. The summed E-state index contributed by atoms with van der Waals surface area (Å²) >= 11 is 0. The molecule has 0 aromatic carbocycles. The molecule has 5 heteroatoms. The Morgan fingerprint density at radius 2 is 2.25 bits per heavy atom. The van der Waals surface area contributed by atoms with Gasteiger partial charge in [0.2, 0.25) is 0 Å². The number of hydrogen-bond acceptors (Lipinski definition) is 4. The third kappa shape index (κ3) is 4.16. The first-order valence-electron chi connectivity index (χ1n) is 4.97. The number of aromatic hydroxyl groups is 1. The van der Waals surface area contributed by atoms with Crippen LogP contribution in [-0.4, -0.2) is 21.8 Å². The van der Waals surface area contributed by atoms with E-state index in [0.717, 1.165) is 0 Å². The van der Waals surface area contributed by atoms with Crippen LogP contribution >= 0.6 is 0 Å². The van der Waals surface area contributed by atoms with E-state index in [2.05, 4.69) is 10.3 Å². The van der Waals surface area contributed by atoms with Crippen molar-refractivity contribution in [2.24, 2.45) is 0 Å². The lowest BCUT2D eigenvalue weighted by atomic mass is 10.2. The predicted molar refractivity (Wildman–Crippen MR) is 59.0 cm³/mol. The zero-order valence-corrected chi connectivity index (χ0v) is 9.65. The fraction of sp³-hybridized carbons (Fsp3) is 0.455. The lowest BCUT2D eigenvalue weighted by Crippen LogP contribution is -2.32. The number of rotatable bonds is 2. The van der Waals surface area contributed by atoms with Gasteiger partial charge in [0.05, 0.1) is 6.20 Å². The molecule has 1 amide bonds. The van der Waals surface area contributed by atoms with Crippen molar-refractivity contribution in [2.75, 3.05) is 0 Å². The largest absolute Gasteiger partial charge is 0.506 e. The fourth-order valence-corrected chi connectivity index (χ4v) is 1.05. The average molecular weight is 224 g/mol. The Morgan fingerprint density at radius 3 is 2.81 bits per heavy atom. The molecule has 0 fully saturated rings. The summed E-state index contributed by atoms with van der Waals surface area (Å²) in [6.45, 7) is 5.58. The van der Waals surface area contributed by atoms with Gasteiger partial charge in [-0.25, -0.2) is 4.79 Å². The second-order valence-corrected chi connectivity index (χ2v) is 4.36. The van der Waals surface area contributed by atoms with Crippen molar-refractivity contribution >= 4 is 6.09 Å². The second kappa shape index (κ2) is 4.83. The molecule has 16 heavy (non-hydrogen) atoms. The highest BCUT2D eigenvalue weighted by molar-refractivity contribution is 5.67. The molecule has 0 spiro atoms. The lowest BCUT2D eigenvalue weighted by molar-refractivity contribution is 0.0523. The van der Waals surface area contributed by atoms with E-state index in [0.29, 0.717) is 5.56 Å². The standard InChI is InChI=1S/C11H16N2O3/c1-11(2,3)16-10(15)13-6-8-4-5-12-7-9(8)14/h4-5,7,14H,6H2,1-3H3,(H,13,15). The number of alkyl carbamates (subject to hydrolysis) is 1. The Bertz CT molecular complexity index is 372. The van der Waals surface area contributed by atoms with Crippen LogP contribution in [0.3, 0.4) is 0 Å². The topological polar surface area (TPSA) is 71.5 Å². The average Bonchev–Trinajstić information content (AvgIpc) is 2.14. The normalized spacial score (nSPS) is 10.9. The summed E-state index contributed by atoms with van der Waals surface area (Å²) in [5.74, 6) is 0.0542. The van der Waals surface area contributed by atoms with Crippen molar-refractivity contribution in [2.45, 2.75) is 32.9 Å². The van der Waals surface area contributed by atoms with Crippen LogP contribution in [0.25, 0.3) is 0 Å². The Morgan fingerprint density at radius 1 is 1.56 bits per heavy atom. The summed E-state index contributed by atoms with van der Waals surface area (Å²) in [4.78, 5) is 15.1. The summed E-state index contributed by atoms with van der Waals surface area (Å²) in [7, 11) is 0. The lowest BCUT2D eigenvalue weighted by Gasteiger charge is -2.19. The van der Waals surface area contributed by atoms with Gasteiger partial charge in [0.25, 0.3) is 0 Å². The molecule has 0 radical (unpaired) electrons. The van der Waals surface area contributed by atoms with E-state index in [9.17, 15) is 9.90 Å². The summed E-state index contributed by atoms with van der Waals surface area (Å²) in [5, 5.41) is 11.9. The molecule has 0 aliphatic heterocycles. The quantitative estimate of drug-likeness (QED) is 0.803. The van der Waals surface area contributed by atoms with Crippen LogP contribution < -0.4 is 5.32 Å². The molecule has 0 saturated carbocycles. The summed E-state index contributed by atoms with van der Waals surface area (Å²) in [6, 6.07) is 1.63. The van der Waals surface area contributed by atoms with Crippen LogP contribution in [0.1, 0.15) is 26.3 Å². The maximum atomic E-state index is 11.3. The van der Waals surface area contributed by atoms with E-state index >= 15 is 0 Å². The van der Waals surface area contributed by atoms with E-state index in [1.165, 1.54) is 6.20 Å². The Kier molecular flexibility index (Phi) is 3.71. The SMILES string of the molecule is CC(C)(C)OC(=O)NCc1ccncc1O. The number of nitrogens with one attached hydrogen (secondary N) is 1. The molecule has 0 atom stereocenters. The van der Waals surface area contributed by atoms with Gasteiger partial charge in [0, 0.05) is 18.3 Å². The molecule has 0 saturated heterocycles. The van der Waals surface area contributed by atoms with Gasteiger partial charge in [-0.1, -0.05) is 0 Å². The van der Waals surface area contributed by atoms with Crippen LogP contribution in [0.4, 0.5) is 4.79 Å². The minimum absolute atomic E-state index is 0.0542. The van der Waals surface area contributed by atoms with Crippen molar-refractivity contribution in [3.8, 4) is 5.75 Å². The van der Waals surface area contributed by atoms with Crippen LogP contribution in [-0.2, 0) is 11.3 Å². The maximum absolute atomic E-state index is 11.3. The van der Waals surface area contributed by atoms with E-state index < -0.39 is 11.7 Å². The monoisotopic (exact) mass is 224 g/mol. The molecular formula is C11H16N2O3. The molecule has 2 N–H and O–H groups in total. The van der Waals surface area contributed by atoms with Crippen molar-refractivity contribution in [1.82, 2.24) is 10.3 Å². The van der Waals surface area contributed by atoms with Crippen LogP contribution in [0, 0.1) is 0 Å². The molecule has 88 valence electrons. The van der Waals surface area contributed by atoms with Crippen molar-refractivity contribution in [3.63, 3.8) is 0 Å². The van der Waals surface area contributed by atoms with Crippen molar-refractivity contribution < 1.29 is 14.6 Å². The molecule has 1 aromatic rings. The number of nitrogens with zero attached hydrogens (tertiary/aromatic N) is 1. The Balaban J connectivity index is 2.47.